The summed E-state index contributed by atoms with van der Waals surface area (Å²) in [7, 11) is 1.69. The van der Waals surface area contributed by atoms with E-state index < -0.39 is 0 Å². The van der Waals surface area contributed by atoms with Crippen LogP contribution in [0, 0.1) is 11.7 Å². The van der Waals surface area contributed by atoms with Crippen molar-refractivity contribution in [2.24, 2.45) is 5.92 Å². The van der Waals surface area contributed by atoms with Crippen LogP contribution in [-0.2, 0) is 4.74 Å². The van der Waals surface area contributed by atoms with Crippen LogP contribution in [0.2, 0.25) is 0 Å². The molecule has 2 aliphatic heterocycles. The molecule has 2 aliphatic rings. The van der Waals surface area contributed by atoms with Crippen molar-refractivity contribution in [2.75, 3.05) is 19.0 Å². The fourth-order valence-electron chi connectivity index (χ4n) is 3.87. The van der Waals surface area contributed by atoms with Gasteiger partial charge in [-0.1, -0.05) is 18.2 Å². The van der Waals surface area contributed by atoms with Crippen molar-refractivity contribution in [3.05, 3.63) is 59.4 Å². The van der Waals surface area contributed by atoms with Gasteiger partial charge >= 0.3 is 0 Å². The van der Waals surface area contributed by atoms with Crippen molar-refractivity contribution in [1.29, 1.82) is 0 Å². The highest BCUT2D eigenvalue weighted by molar-refractivity contribution is 5.58. The SMILES string of the molecule is COc1ccccc1[C@@H]1Nc2ccc(F)cc2[C@@H]2OCCC[C@H]12. The number of methoxy groups -OCH3 is 1. The molecule has 2 aromatic carbocycles. The largest absolute Gasteiger partial charge is 0.496 e. The smallest absolute Gasteiger partial charge is 0.124 e. The second-order valence-corrected chi connectivity index (χ2v) is 6.19. The summed E-state index contributed by atoms with van der Waals surface area (Å²) in [5.74, 6) is 0.934. The van der Waals surface area contributed by atoms with Crippen LogP contribution in [0.1, 0.15) is 36.1 Å². The van der Waals surface area contributed by atoms with Crippen LogP contribution >= 0.6 is 0 Å². The molecule has 120 valence electrons. The maximum Gasteiger partial charge on any atom is 0.124 e. The molecule has 4 heteroatoms. The second-order valence-electron chi connectivity index (χ2n) is 6.19. The average Bonchev–Trinajstić information content (AvgIpc) is 2.61. The average molecular weight is 313 g/mol. The second kappa shape index (κ2) is 5.85. The number of benzene rings is 2. The number of hydrogen-bond acceptors (Lipinski definition) is 3. The van der Waals surface area contributed by atoms with Gasteiger partial charge in [0.05, 0.1) is 19.3 Å². The van der Waals surface area contributed by atoms with Crippen molar-refractivity contribution in [2.45, 2.75) is 25.0 Å². The summed E-state index contributed by atoms with van der Waals surface area (Å²) in [6.07, 6.45) is 2.01. The van der Waals surface area contributed by atoms with Gasteiger partial charge in [0.2, 0.25) is 0 Å². The Morgan fingerprint density at radius 3 is 2.91 bits per heavy atom. The summed E-state index contributed by atoms with van der Waals surface area (Å²) in [5, 5.41) is 3.59. The third-order valence-electron chi connectivity index (χ3n) is 4.90. The summed E-state index contributed by atoms with van der Waals surface area (Å²) in [4.78, 5) is 0. The zero-order valence-electron chi connectivity index (χ0n) is 13.1. The molecule has 0 radical (unpaired) electrons. The quantitative estimate of drug-likeness (QED) is 0.887. The van der Waals surface area contributed by atoms with E-state index in [-0.39, 0.29) is 23.9 Å². The van der Waals surface area contributed by atoms with Gasteiger partial charge in [-0.15, -0.1) is 0 Å². The minimum absolute atomic E-state index is 0.0642. The molecular formula is C19H20FNO2. The maximum absolute atomic E-state index is 13.7. The van der Waals surface area contributed by atoms with Crippen molar-refractivity contribution in [3.8, 4) is 5.75 Å². The first-order valence-corrected chi connectivity index (χ1v) is 8.08. The Morgan fingerprint density at radius 2 is 2.04 bits per heavy atom. The molecule has 0 bridgehead atoms. The molecule has 0 spiro atoms. The van der Waals surface area contributed by atoms with Crippen LogP contribution in [0.3, 0.4) is 0 Å². The van der Waals surface area contributed by atoms with Gasteiger partial charge in [0, 0.05) is 29.3 Å². The van der Waals surface area contributed by atoms with E-state index in [4.69, 9.17) is 9.47 Å². The van der Waals surface area contributed by atoms with E-state index in [2.05, 4.69) is 11.4 Å². The lowest BCUT2D eigenvalue weighted by molar-refractivity contribution is -0.0384. The number of ether oxygens (including phenoxy) is 2. The van der Waals surface area contributed by atoms with Crippen molar-refractivity contribution < 1.29 is 13.9 Å². The molecule has 1 N–H and O–H groups in total. The van der Waals surface area contributed by atoms with Gasteiger partial charge < -0.3 is 14.8 Å². The van der Waals surface area contributed by atoms with Gasteiger partial charge in [-0.05, 0) is 37.1 Å². The molecule has 3 atom stereocenters. The van der Waals surface area contributed by atoms with Crippen LogP contribution in [0.25, 0.3) is 0 Å². The van der Waals surface area contributed by atoms with Crippen LogP contribution in [0.15, 0.2) is 42.5 Å². The summed E-state index contributed by atoms with van der Waals surface area (Å²) < 4.78 is 25.3. The first-order chi connectivity index (χ1) is 11.3. The van der Waals surface area contributed by atoms with E-state index in [1.54, 1.807) is 19.2 Å². The highest BCUT2D eigenvalue weighted by Crippen LogP contribution is 2.50. The van der Waals surface area contributed by atoms with Crippen molar-refractivity contribution in [3.63, 3.8) is 0 Å². The molecule has 4 rings (SSSR count). The minimum Gasteiger partial charge on any atom is -0.496 e. The third kappa shape index (κ3) is 2.47. The van der Waals surface area contributed by atoms with E-state index in [9.17, 15) is 4.39 Å². The summed E-state index contributed by atoms with van der Waals surface area (Å²) in [6.45, 7) is 0.732. The van der Waals surface area contributed by atoms with Gasteiger partial charge in [-0.3, -0.25) is 0 Å². The Kier molecular flexibility index (Phi) is 3.69. The van der Waals surface area contributed by atoms with Gasteiger partial charge in [-0.2, -0.15) is 0 Å². The number of halogens is 1. The molecule has 1 saturated heterocycles. The number of para-hydroxylation sites is 1. The van der Waals surface area contributed by atoms with Gasteiger partial charge in [0.25, 0.3) is 0 Å². The van der Waals surface area contributed by atoms with Gasteiger partial charge in [0.1, 0.15) is 11.6 Å². The van der Waals surface area contributed by atoms with E-state index in [1.165, 1.54) is 6.07 Å². The molecule has 3 nitrogen and oxygen atoms in total. The molecule has 0 aromatic heterocycles. The van der Waals surface area contributed by atoms with E-state index in [0.717, 1.165) is 42.0 Å². The highest BCUT2D eigenvalue weighted by Gasteiger charge is 2.40. The Hall–Kier alpha value is -2.07. The summed E-state index contributed by atoms with van der Waals surface area (Å²) in [5.41, 5.74) is 3.01. The number of nitrogens with one attached hydrogen (secondary N) is 1. The normalized spacial score (nSPS) is 25.9. The molecule has 1 fully saturated rings. The molecule has 2 heterocycles. The first-order valence-electron chi connectivity index (χ1n) is 8.08. The number of fused-ring (bicyclic) bond motifs is 3. The Balaban J connectivity index is 1.80. The molecule has 2 aromatic rings. The lowest BCUT2D eigenvalue weighted by Crippen LogP contribution is -2.36. The molecular weight excluding hydrogens is 293 g/mol. The van der Waals surface area contributed by atoms with Crippen LogP contribution in [0.5, 0.6) is 5.75 Å². The predicted molar refractivity (Wildman–Crippen MR) is 87.2 cm³/mol. The van der Waals surface area contributed by atoms with Gasteiger partial charge in [0.15, 0.2) is 0 Å². The first kappa shape index (κ1) is 14.5. The van der Waals surface area contributed by atoms with Crippen molar-refractivity contribution in [1.82, 2.24) is 0 Å². The van der Waals surface area contributed by atoms with Crippen LogP contribution in [0.4, 0.5) is 10.1 Å². The fourth-order valence-corrected chi connectivity index (χ4v) is 3.87. The van der Waals surface area contributed by atoms with Crippen molar-refractivity contribution >= 4 is 5.69 Å². The Bertz CT molecular complexity index is 718. The summed E-state index contributed by atoms with van der Waals surface area (Å²) in [6, 6.07) is 13.1. The molecule has 0 saturated carbocycles. The lowest BCUT2D eigenvalue weighted by Gasteiger charge is -2.43. The highest BCUT2D eigenvalue weighted by atomic mass is 19.1. The standard InChI is InChI=1S/C19H20FNO2/c1-22-17-7-3-2-5-13(17)18-14-6-4-10-23-19(14)15-11-12(20)8-9-16(15)21-18/h2-3,5,7-9,11,14,18-19,21H,4,6,10H2,1H3/t14-,18+,19-/m1/s1. The van der Waals surface area contributed by atoms with Gasteiger partial charge in [-0.25, -0.2) is 4.39 Å². The van der Waals surface area contributed by atoms with E-state index in [1.807, 2.05) is 18.2 Å². The Labute approximate surface area is 135 Å². The van der Waals surface area contributed by atoms with Crippen LogP contribution < -0.4 is 10.1 Å². The number of anilines is 1. The molecule has 23 heavy (non-hydrogen) atoms. The van der Waals surface area contributed by atoms with Crippen LogP contribution in [-0.4, -0.2) is 13.7 Å². The fraction of sp³-hybridized carbons (Fsp3) is 0.368. The van der Waals surface area contributed by atoms with E-state index >= 15 is 0 Å². The lowest BCUT2D eigenvalue weighted by atomic mass is 9.77. The Morgan fingerprint density at radius 1 is 1.17 bits per heavy atom. The molecule has 0 unspecified atom stereocenters. The monoisotopic (exact) mass is 313 g/mol. The topological polar surface area (TPSA) is 30.5 Å². The molecule has 0 amide bonds. The zero-order valence-corrected chi connectivity index (χ0v) is 13.1. The molecule has 0 aliphatic carbocycles. The number of rotatable bonds is 2. The third-order valence-corrected chi connectivity index (χ3v) is 4.90. The predicted octanol–water partition coefficient (Wildman–Crippen LogP) is 4.47. The summed E-state index contributed by atoms with van der Waals surface area (Å²) >= 11 is 0. The zero-order chi connectivity index (χ0) is 15.8. The van der Waals surface area contributed by atoms with E-state index in [0.29, 0.717) is 0 Å². The maximum atomic E-state index is 13.7. The minimum atomic E-state index is -0.214. The number of hydrogen-bond donors (Lipinski definition) is 1.